The molecule has 8 N–H and O–H groups in total. The molecule has 10 aliphatic carbocycles. The number of guanidine groups is 4. The van der Waals surface area contributed by atoms with Crippen molar-refractivity contribution in [1.29, 1.82) is 5.26 Å². The van der Waals surface area contributed by atoms with Crippen molar-refractivity contribution in [1.82, 2.24) is 23.9 Å². The van der Waals surface area contributed by atoms with Gasteiger partial charge in [0.2, 0.25) is 10.0 Å². The molecule has 4 atom stereocenters. The van der Waals surface area contributed by atoms with Gasteiger partial charge in [-0.1, -0.05) is 63.9 Å². The summed E-state index contributed by atoms with van der Waals surface area (Å²) in [5.74, 6) is 15.0. The van der Waals surface area contributed by atoms with E-state index >= 15 is 0 Å². The van der Waals surface area contributed by atoms with Crippen molar-refractivity contribution in [3.05, 3.63) is 138 Å². The molecule has 27 nitrogen and oxygen atoms in total. The fraction of sp³-hybridized carbons (Fsp3) is 0.598. The van der Waals surface area contributed by atoms with Crippen molar-refractivity contribution in [2.75, 3.05) is 116 Å². The van der Waals surface area contributed by atoms with Gasteiger partial charge in [0, 0.05) is 119 Å². The number of amides is 4. The lowest BCUT2D eigenvalue weighted by Gasteiger charge is -2.45. The molecule has 18 rings (SSSR count). The number of nitrogens with two attached hydrogens (primary N) is 4. The molecule has 4 unspecified atom stereocenters. The zero-order valence-corrected chi connectivity index (χ0v) is 73.8. The Morgan fingerprint density at radius 1 is 0.430 bits per heavy atom. The lowest BCUT2D eigenvalue weighted by Crippen LogP contribution is -2.53. The minimum atomic E-state index is -3.37. The summed E-state index contributed by atoms with van der Waals surface area (Å²) in [5.41, 5.74) is 30.8. The van der Waals surface area contributed by atoms with Crippen molar-refractivity contribution in [3.63, 3.8) is 0 Å². The SMILES string of the molecule is COC1CCC2(CC1)Cc1ccc(C#CC3CC3)cc1C21N=C(N)N(CCN(C)S(C)(=O)=O)C1=O.COCCN1C(=O)C2(N=C1N)c1cc(Br)ccc1CC21CCC(OC)CC1.COCCN1C(=O)C2(N=C1N)c1cc(C#CC3CC3)ccc1CC21CCC(OC)CC1.COCCN1C(=O)C2(N=C1N)c1cc(C#N)ccc1CC21CCC(OC)CC1. The molecule has 4 heterocycles. The van der Waals surface area contributed by atoms with E-state index in [2.05, 4.69) is 82.1 Å². The maximum atomic E-state index is 14.3. The van der Waals surface area contributed by atoms with Crippen LogP contribution in [0.3, 0.4) is 0 Å². The van der Waals surface area contributed by atoms with Crippen LogP contribution in [0.2, 0.25) is 0 Å². The van der Waals surface area contributed by atoms with Gasteiger partial charge in [-0.2, -0.15) is 5.26 Å². The van der Waals surface area contributed by atoms with E-state index in [0.717, 1.165) is 196 Å². The van der Waals surface area contributed by atoms with Crippen LogP contribution in [-0.4, -0.2) is 220 Å². The van der Waals surface area contributed by atoms with Gasteiger partial charge in [-0.15, -0.1) is 0 Å². The van der Waals surface area contributed by atoms with Gasteiger partial charge in [0.25, 0.3) is 23.6 Å². The van der Waals surface area contributed by atoms with E-state index in [1.54, 1.807) is 64.5 Å². The zero-order valence-electron chi connectivity index (χ0n) is 71.4. The van der Waals surface area contributed by atoms with Gasteiger partial charge in [-0.25, -0.2) is 32.7 Å². The highest BCUT2D eigenvalue weighted by atomic mass is 79.9. The van der Waals surface area contributed by atoms with Crippen LogP contribution in [0.4, 0.5) is 0 Å². The number of methoxy groups -OCH3 is 7. The first-order valence-corrected chi connectivity index (χ1v) is 45.6. The predicted molar refractivity (Wildman–Crippen MR) is 462 cm³/mol. The van der Waals surface area contributed by atoms with Crippen LogP contribution in [0, 0.1) is 68.5 Å². The van der Waals surface area contributed by atoms with Crippen molar-refractivity contribution in [2.24, 2.45) is 76.4 Å². The number of nitriles is 1. The number of hydrogen-bond acceptors (Lipinski definition) is 22. The molecule has 6 fully saturated rings. The highest BCUT2D eigenvalue weighted by Crippen LogP contribution is 2.67. The van der Waals surface area contributed by atoms with E-state index in [9.17, 15) is 32.9 Å². The van der Waals surface area contributed by atoms with Gasteiger partial charge in [-0.3, -0.25) is 38.8 Å². The summed E-state index contributed by atoms with van der Waals surface area (Å²) in [7, 11) is 10.0. The third-order valence-corrected chi connectivity index (χ3v) is 31.2. The Morgan fingerprint density at radius 3 is 0.975 bits per heavy atom. The Labute approximate surface area is 720 Å². The van der Waals surface area contributed by atoms with Crippen LogP contribution >= 0.6 is 15.9 Å². The summed E-state index contributed by atoms with van der Waals surface area (Å²) in [4.78, 5) is 81.8. The Hall–Kier alpha value is -8.64. The number of nitrogens with zero attached hydrogens (tertiary/aromatic N) is 10. The topological polar surface area (TPSA) is 361 Å². The number of ether oxygens (including phenoxy) is 7. The van der Waals surface area contributed by atoms with Gasteiger partial charge in [0.15, 0.2) is 46.0 Å². The van der Waals surface area contributed by atoms with Gasteiger partial charge in [0.1, 0.15) is 0 Å². The number of hydrogen-bond donors (Lipinski definition) is 4. The van der Waals surface area contributed by atoms with Crippen LogP contribution in [0.25, 0.3) is 0 Å². The fourth-order valence-corrected chi connectivity index (χ4v) is 23.1. The Kier molecular flexibility index (Phi) is 24.9. The Morgan fingerprint density at radius 2 is 0.702 bits per heavy atom. The molecule has 0 saturated heterocycles. The molecule has 0 aromatic heterocycles. The van der Waals surface area contributed by atoms with E-state index < -0.39 is 32.2 Å². The molecule has 4 aliphatic heterocycles. The Bertz CT molecular complexity index is 5120. The minimum absolute atomic E-state index is 0.00948. The normalized spacial score (nSPS) is 31.3. The maximum absolute atomic E-state index is 14.3. The highest BCUT2D eigenvalue weighted by Gasteiger charge is 2.71. The van der Waals surface area contributed by atoms with Gasteiger partial charge in [0.05, 0.1) is 81.8 Å². The molecular formula is C92H117BrN14O13S. The van der Waals surface area contributed by atoms with E-state index in [-0.39, 0.29) is 94.7 Å². The van der Waals surface area contributed by atoms with Crippen molar-refractivity contribution in [3.8, 4) is 29.8 Å². The van der Waals surface area contributed by atoms with E-state index in [1.807, 2.05) is 36.4 Å². The second-order valence-electron chi connectivity index (χ2n) is 35.8. The smallest absolute Gasteiger partial charge is 0.262 e. The standard InChI is InChI=1S/C26H34N4O4S.C25H31N3O3.C21H26N4O3.C20H26BrN3O3/c1-29(35(3,32)33)14-15-30-23(31)26(28-24(30)27)22-16-19(7-6-18-4-5-18)8-9-20(22)17-25(26)12-10-21(34-2)11-13-25;1-30-14-13-28-22(29)25(27-23(28)26)21-15-18(6-5-17-3-4-17)7-8-19(21)16-24(25)11-9-20(31-2)10-12-24;1-27-10-9-25-18(26)21(24-19(25)23)17-11-14(13-22)3-4-15(17)12-20(21)7-5-16(28-2)6-8-20;1-26-10-9-24-17(25)20(23-18(24)22)16-11-14(21)4-3-13(16)12-19(20)7-5-15(27-2)6-8-19/h8-9,16,18,21H,4-5,10-15,17H2,1-3H3,(H2,27,28);7-8,15,17,20H,3-4,9-14,16H2,1-2H3,(H2,26,27);3-4,11,16H,5-10,12H2,1-2H3,(H2,23,24);3-4,11,15H,5-10,12H2,1-2H3,(H2,22,23). The first-order chi connectivity index (χ1) is 58.1. The zero-order chi connectivity index (χ0) is 85.8. The molecule has 0 bridgehead atoms. The number of likely N-dealkylation sites (N-methyl/N-ethyl adjacent to an activating group) is 1. The predicted octanol–water partition coefficient (Wildman–Crippen LogP) is 8.67. The molecule has 4 aromatic carbocycles. The number of fused-ring (bicyclic) bond motifs is 12. The van der Waals surface area contributed by atoms with Crippen LogP contribution < -0.4 is 22.9 Å². The van der Waals surface area contributed by atoms with Crippen LogP contribution in [-0.2, 0) is 110 Å². The molecule has 8 spiro atoms. The van der Waals surface area contributed by atoms with Gasteiger partial charge in [-0.05, 0) is 247 Å². The van der Waals surface area contributed by atoms with Crippen LogP contribution in [0.5, 0.6) is 0 Å². The van der Waals surface area contributed by atoms with Crippen LogP contribution in [0.15, 0.2) is 97.2 Å². The summed E-state index contributed by atoms with van der Waals surface area (Å²) < 4.78 is 64.0. The largest absolute Gasteiger partial charge is 0.383 e. The number of halogens is 1. The molecule has 6 saturated carbocycles. The number of sulfonamides is 1. The average Bonchev–Trinajstić information content (AvgIpc) is 1.55. The van der Waals surface area contributed by atoms with Crippen LogP contribution in [0.1, 0.15) is 190 Å². The summed E-state index contributed by atoms with van der Waals surface area (Å²) in [5, 5.41) is 9.42. The minimum Gasteiger partial charge on any atom is -0.383 e. The van der Waals surface area contributed by atoms with Crippen molar-refractivity contribution < 1.29 is 60.8 Å². The maximum Gasteiger partial charge on any atom is 0.262 e. The molecule has 0 radical (unpaired) electrons. The number of carbonyl (C=O) groups is 4. The highest BCUT2D eigenvalue weighted by molar-refractivity contribution is 9.10. The summed E-state index contributed by atoms with van der Waals surface area (Å²) >= 11 is 3.58. The average molecular weight is 1740 g/mol. The summed E-state index contributed by atoms with van der Waals surface area (Å²) in [6.45, 7) is 2.77. The van der Waals surface area contributed by atoms with Crippen molar-refractivity contribution >= 4 is 73.4 Å². The number of benzene rings is 4. The second kappa shape index (κ2) is 34.5. The first kappa shape index (κ1) is 87.3. The quantitative estimate of drug-likeness (QED) is 0.0718. The summed E-state index contributed by atoms with van der Waals surface area (Å²) in [6, 6.07) is 26.6. The third kappa shape index (κ3) is 15.2. The van der Waals surface area contributed by atoms with E-state index in [0.29, 0.717) is 68.8 Å². The monoisotopic (exact) mass is 1740 g/mol. The molecule has 4 amide bonds. The van der Waals surface area contributed by atoms with E-state index in [1.165, 1.54) is 40.2 Å². The number of carbonyl (C=O) groups excluding carboxylic acids is 4. The lowest BCUT2D eigenvalue weighted by molar-refractivity contribution is -0.139. The molecule has 121 heavy (non-hydrogen) atoms. The van der Waals surface area contributed by atoms with Gasteiger partial charge < -0.3 is 56.1 Å². The summed E-state index contributed by atoms with van der Waals surface area (Å²) in [6.07, 6.45) is 24.1. The molecule has 14 aliphatic rings. The fourth-order valence-electron chi connectivity index (χ4n) is 22.3. The van der Waals surface area contributed by atoms with Crippen molar-refractivity contribution in [2.45, 2.75) is 201 Å². The van der Waals surface area contributed by atoms with E-state index in [4.69, 9.17) is 76.1 Å². The first-order valence-electron chi connectivity index (χ1n) is 42.9. The third-order valence-electron chi connectivity index (χ3n) is 29.4. The number of rotatable bonds is 17. The Balaban J connectivity index is 0.000000126. The molecule has 646 valence electrons. The molecule has 4 aromatic rings. The molecule has 29 heteroatoms. The molecular weight excluding hydrogens is 1620 g/mol. The lowest BCUT2D eigenvalue weighted by atomic mass is 9.61. The number of aliphatic imine (C=N–C) groups is 4. The van der Waals surface area contributed by atoms with Gasteiger partial charge >= 0.3 is 0 Å². The second-order valence-corrected chi connectivity index (χ2v) is 38.8.